The molecule has 0 saturated carbocycles. The quantitative estimate of drug-likeness (QED) is 0.846. The minimum Gasteiger partial charge on any atom is -0.479 e. The summed E-state index contributed by atoms with van der Waals surface area (Å²) in [5.41, 5.74) is -1.38. The molecule has 0 radical (unpaired) electrons. The van der Waals surface area contributed by atoms with Gasteiger partial charge in [-0.05, 0) is 30.7 Å². The monoisotopic (exact) mass is 305 g/mol. The lowest BCUT2D eigenvalue weighted by atomic mass is 9.98. The van der Waals surface area contributed by atoms with Crippen molar-refractivity contribution in [2.45, 2.75) is 17.4 Å². The number of halogens is 1. The van der Waals surface area contributed by atoms with Crippen LogP contribution < -0.4 is 0 Å². The van der Waals surface area contributed by atoms with Gasteiger partial charge in [-0.3, -0.25) is 0 Å². The zero-order valence-corrected chi connectivity index (χ0v) is 11.6. The molecule has 2 rings (SSSR count). The molecule has 2 N–H and O–H groups in total. The number of nitrogens with zero attached hydrogens (tertiary/aromatic N) is 1. The predicted molar refractivity (Wildman–Crippen MR) is 67.5 cm³/mol. The highest BCUT2D eigenvalue weighted by Gasteiger charge is 2.52. The van der Waals surface area contributed by atoms with E-state index in [9.17, 15) is 18.3 Å². The molecule has 1 saturated heterocycles. The summed E-state index contributed by atoms with van der Waals surface area (Å²) in [7, 11) is -3.79. The van der Waals surface area contributed by atoms with Crippen LogP contribution in [-0.2, 0) is 14.8 Å². The molecule has 0 spiro atoms. The Balaban J connectivity index is 2.26. The molecule has 19 heavy (non-hydrogen) atoms. The van der Waals surface area contributed by atoms with Crippen molar-refractivity contribution in [2.24, 2.45) is 0 Å². The molecule has 0 amide bonds. The Kier molecular flexibility index (Phi) is 3.34. The maximum absolute atomic E-state index is 12.2. The molecule has 1 aromatic carbocycles. The van der Waals surface area contributed by atoms with E-state index in [0.717, 1.165) is 4.31 Å². The third-order valence-corrected chi connectivity index (χ3v) is 5.25. The van der Waals surface area contributed by atoms with Gasteiger partial charge in [-0.15, -0.1) is 0 Å². The number of rotatable bonds is 3. The molecule has 0 aromatic heterocycles. The molecular formula is C11H12ClNO5S. The van der Waals surface area contributed by atoms with Gasteiger partial charge in [-0.25, -0.2) is 13.2 Å². The highest BCUT2D eigenvalue weighted by Crippen LogP contribution is 2.29. The van der Waals surface area contributed by atoms with Gasteiger partial charge in [0.1, 0.15) is 0 Å². The van der Waals surface area contributed by atoms with E-state index in [1.165, 1.54) is 18.2 Å². The summed E-state index contributed by atoms with van der Waals surface area (Å²) in [4.78, 5) is 10.8. The van der Waals surface area contributed by atoms with E-state index in [-0.39, 0.29) is 4.90 Å². The second kappa shape index (κ2) is 4.45. The summed E-state index contributed by atoms with van der Waals surface area (Å²) in [5.74, 6) is -1.42. The molecular weight excluding hydrogens is 294 g/mol. The number of hydrogen-bond donors (Lipinski definition) is 2. The Morgan fingerprint density at radius 2 is 2.00 bits per heavy atom. The predicted octanol–water partition coefficient (Wildman–Crippen LogP) is 0.468. The Hall–Kier alpha value is -1.15. The van der Waals surface area contributed by atoms with Crippen LogP contribution in [0.3, 0.4) is 0 Å². The highest BCUT2D eigenvalue weighted by molar-refractivity contribution is 7.89. The van der Waals surface area contributed by atoms with Crippen LogP contribution in [0.15, 0.2) is 23.1 Å². The van der Waals surface area contributed by atoms with Crippen molar-refractivity contribution in [1.29, 1.82) is 0 Å². The smallest absolute Gasteiger partial charge is 0.338 e. The minimum atomic E-state index is -3.79. The van der Waals surface area contributed by atoms with Crippen molar-refractivity contribution in [3.8, 4) is 0 Å². The average molecular weight is 306 g/mol. The average Bonchev–Trinajstić information content (AvgIpc) is 2.27. The molecule has 1 heterocycles. The number of aryl methyl sites for hydroxylation is 1. The Bertz CT molecular complexity index is 636. The fourth-order valence-corrected chi connectivity index (χ4v) is 3.52. The van der Waals surface area contributed by atoms with E-state index < -0.39 is 34.7 Å². The van der Waals surface area contributed by atoms with Gasteiger partial charge in [0.25, 0.3) is 0 Å². The van der Waals surface area contributed by atoms with Crippen molar-refractivity contribution < 1.29 is 23.4 Å². The van der Waals surface area contributed by atoms with E-state index >= 15 is 0 Å². The molecule has 0 aliphatic carbocycles. The first-order chi connectivity index (χ1) is 8.67. The van der Waals surface area contributed by atoms with Gasteiger partial charge >= 0.3 is 5.97 Å². The summed E-state index contributed by atoms with van der Waals surface area (Å²) in [6.07, 6.45) is 0. The number of carboxylic acid groups (broad SMARTS) is 1. The van der Waals surface area contributed by atoms with Crippen molar-refractivity contribution in [3.63, 3.8) is 0 Å². The number of hydrogen-bond acceptors (Lipinski definition) is 4. The molecule has 0 atom stereocenters. The van der Waals surface area contributed by atoms with Crippen LogP contribution in [-0.4, -0.2) is 47.6 Å². The molecule has 0 bridgehead atoms. The lowest BCUT2D eigenvalue weighted by Gasteiger charge is -2.41. The maximum Gasteiger partial charge on any atom is 0.338 e. The van der Waals surface area contributed by atoms with Gasteiger partial charge in [0, 0.05) is 5.02 Å². The molecule has 1 fully saturated rings. The van der Waals surface area contributed by atoms with Crippen molar-refractivity contribution in [3.05, 3.63) is 28.8 Å². The Morgan fingerprint density at radius 3 is 2.47 bits per heavy atom. The van der Waals surface area contributed by atoms with E-state index in [4.69, 9.17) is 16.7 Å². The number of carbonyl (C=O) groups is 1. The largest absolute Gasteiger partial charge is 0.479 e. The summed E-state index contributed by atoms with van der Waals surface area (Å²) in [6, 6.07) is 4.23. The molecule has 6 nitrogen and oxygen atoms in total. The lowest BCUT2D eigenvalue weighted by molar-refractivity contribution is -0.170. The fourth-order valence-electron chi connectivity index (χ4n) is 1.77. The van der Waals surface area contributed by atoms with Crippen LogP contribution in [0.2, 0.25) is 5.02 Å². The SMILES string of the molecule is Cc1cc(S(=O)(=O)N2CC(O)(C(=O)O)C2)ccc1Cl. The Morgan fingerprint density at radius 1 is 1.42 bits per heavy atom. The van der Waals surface area contributed by atoms with Crippen LogP contribution in [0.5, 0.6) is 0 Å². The van der Waals surface area contributed by atoms with Crippen molar-refractivity contribution in [2.75, 3.05) is 13.1 Å². The third-order valence-electron chi connectivity index (χ3n) is 3.04. The number of carboxylic acids is 1. The number of aliphatic hydroxyl groups is 1. The van der Waals surface area contributed by atoms with Gasteiger partial charge in [-0.1, -0.05) is 11.6 Å². The number of benzene rings is 1. The van der Waals surface area contributed by atoms with Gasteiger partial charge in [0.05, 0.1) is 18.0 Å². The van der Waals surface area contributed by atoms with Crippen molar-refractivity contribution in [1.82, 2.24) is 4.31 Å². The normalized spacial score (nSPS) is 18.9. The molecule has 1 aromatic rings. The zero-order valence-electron chi connectivity index (χ0n) is 10.00. The third kappa shape index (κ3) is 2.34. The van der Waals surface area contributed by atoms with Crippen LogP contribution >= 0.6 is 11.6 Å². The van der Waals surface area contributed by atoms with Gasteiger partial charge in [0.15, 0.2) is 5.60 Å². The van der Waals surface area contributed by atoms with Crippen LogP contribution in [0.1, 0.15) is 5.56 Å². The summed E-state index contributed by atoms with van der Waals surface area (Å²) in [5, 5.41) is 18.7. The Labute approximate surface area is 115 Å². The number of aliphatic carboxylic acids is 1. The number of β-amino-alcohol motifs (C(OH)–C–C–N with tert-alkyl or cyclic N) is 1. The zero-order chi connectivity index (χ0) is 14.4. The second-order valence-corrected chi connectivity index (χ2v) is 6.87. The van der Waals surface area contributed by atoms with E-state index in [1.54, 1.807) is 6.92 Å². The van der Waals surface area contributed by atoms with Crippen LogP contribution in [0, 0.1) is 6.92 Å². The maximum atomic E-state index is 12.2. The number of sulfonamides is 1. The lowest BCUT2D eigenvalue weighted by Crippen LogP contribution is -2.67. The van der Waals surface area contributed by atoms with E-state index in [1.807, 2.05) is 0 Å². The van der Waals surface area contributed by atoms with Gasteiger partial charge < -0.3 is 10.2 Å². The minimum absolute atomic E-state index is 0.0295. The van der Waals surface area contributed by atoms with Gasteiger partial charge in [-0.2, -0.15) is 4.31 Å². The first kappa shape index (κ1) is 14.3. The highest BCUT2D eigenvalue weighted by atomic mass is 35.5. The first-order valence-electron chi connectivity index (χ1n) is 5.39. The molecule has 104 valence electrons. The standard InChI is InChI=1S/C11H12ClNO5S/c1-7-4-8(2-3-9(7)12)19(17,18)13-5-11(16,6-13)10(14)15/h2-4,16H,5-6H2,1H3,(H,14,15). The summed E-state index contributed by atoms with van der Waals surface area (Å²) < 4.78 is 25.3. The summed E-state index contributed by atoms with van der Waals surface area (Å²) >= 11 is 5.82. The topological polar surface area (TPSA) is 94.9 Å². The fraction of sp³-hybridized carbons (Fsp3) is 0.364. The molecule has 8 heteroatoms. The summed E-state index contributed by atoms with van der Waals surface area (Å²) in [6.45, 7) is 0.768. The first-order valence-corrected chi connectivity index (χ1v) is 7.21. The molecule has 1 aliphatic rings. The van der Waals surface area contributed by atoms with Crippen LogP contribution in [0.4, 0.5) is 0 Å². The molecule has 0 unspecified atom stereocenters. The van der Waals surface area contributed by atoms with E-state index in [0.29, 0.717) is 10.6 Å². The van der Waals surface area contributed by atoms with Crippen molar-refractivity contribution >= 4 is 27.6 Å². The van der Waals surface area contributed by atoms with Gasteiger partial charge in [0.2, 0.25) is 10.0 Å². The second-order valence-electron chi connectivity index (χ2n) is 4.52. The van der Waals surface area contributed by atoms with Crippen LogP contribution in [0.25, 0.3) is 0 Å². The van der Waals surface area contributed by atoms with E-state index in [2.05, 4.69) is 0 Å². The molecule has 1 aliphatic heterocycles.